The molecule has 1 rings (SSSR count). The van der Waals surface area contributed by atoms with Crippen molar-refractivity contribution >= 4 is 17.3 Å². The Balaban J connectivity index is 2.88. The van der Waals surface area contributed by atoms with Crippen molar-refractivity contribution in [2.24, 2.45) is 16.2 Å². The zero-order valence-corrected chi connectivity index (χ0v) is 8.24. The van der Waals surface area contributed by atoms with Gasteiger partial charge in [-0.1, -0.05) is 5.16 Å². The molecule has 1 aliphatic rings. The van der Waals surface area contributed by atoms with E-state index >= 15 is 0 Å². The van der Waals surface area contributed by atoms with Crippen LogP contribution in [0.4, 0.5) is 0 Å². The van der Waals surface area contributed by atoms with Gasteiger partial charge in [-0.25, -0.2) is 5.01 Å². The molecule has 0 aromatic rings. The summed E-state index contributed by atoms with van der Waals surface area (Å²) in [5.74, 6) is -0.402. The highest BCUT2D eigenvalue weighted by Gasteiger charge is 2.33. The van der Waals surface area contributed by atoms with Gasteiger partial charge in [0.05, 0.1) is 11.4 Å². The van der Waals surface area contributed by atoms with E-state index in [1.807, 2.05) is 0 Å². The van der Waals surface area contributed by atoms with Gasteiger partial charge in [0.1, 0.15) is 13.0 Å². The smallest absolute Gasteiger partial charge is 0.257 e. The van der Waals surface area contributed by atoms with Gasteiger partial charge in [0, 0.05) is 7.05 Å². The first-order valence-electron chi connectivity index (χ1n) is 3.98. The topological polar surface area (TPSA) is 54.3 Å². The fourth-order valence-corrected chi connectivity index (χ4v) is 1.39. The Labute approximate surface area is 77.0 Å². The quantitative estimate of drug-likeness (QED) is 0.461. The third-order valence-corrected chi connectivity index (χ3v) is 1.94. The summed E-state index contributed by atoms with van der Waals surface area (Å²) >= 11 is 0. The van der Waals surface area contributed by atoms with Crippen LogP contribution in [0.3, 0.4) is 0 Å². The van der Waals surface area contributed by atoms with Crippen LogP contribution in [0.25, 0.3) is 0 Å². The summed E-state index contributed by atoms with van der Waals surface area (Å²) in [6.45, 7) is 3.56. The van der Waals surface area contributed by atoms with E-state index in [2.05, 4.69) is 15.1 Å². The predicted molar refractivity (Wildman–Crippen MR) is 49.5 cm³/mol. The van der Waals surface area contributed by atoms with E-state index < -0.39 is 0 Å². The van der Waals surface area contributed by atoms with Gasteiger partial charge in [0.15, 0.2) is 0 Å². The molecule has 0 radical (unpaired) electrons. The molecule has 1 unspecified atom stereocenters. The molecule has 5 heteroatoms. The molecule has 0 aromatic heterocycles. The Hall–Kier alpha value is -1.39. The molecule has 0 spiro atoms. The first kappa shape index (κ1) is 9.70. The molecule has 1 atom stereocenters. The number of carbonyl (C=O) groups is 1. The summed E-state index contributed by atoms with van der Waals surface area (Å²) in [5.41, 5.74) is 1.39. The molecular formula is C8H13N3O2. The first-order chi connectivity index (χ1) is 6.07. The van der Waals surface area contributed by atoms with E-state index in [-0.39, 0.29) is 11.8 Å². The van der Waals surface area contributed by atoms with Crippen LogP contribution < -0.4 is 0 Å². The summed E-state index contributed by atoms with van der Waals surface area (Å²) in [7, 11) is 3.09. The van der Waals surface area contributed by atoms with Crippen LogP contribution in [-0.4, -0.2) is 36.5 Å². The van der Waals surface area contributed by atoms with Crippen molar-refractivity contribution in [3.63, 3.8) is 0 Å². The molecule has 0 N–H and O–H groups in total. The van der Waals surface area contributed by atoms with Crippen LogP contribution in [-0.2, 0) is 9.63 Å². The minimum absolute atomic E-state index is 0.0594. The maximum atomic E-state index is 11.5. The number of amides is 1. The predicted octanol–water partition coefficient (Wildman–Crippen LogP) is 0.473. The Morgan fingerprint density at radius 3 is 2.69 bits per heavy atom. The number of hydrogen-bond donors (Lipinski definition) is 0. The molecule has 0 aromatic carbocycles. The molecule has 72 valence electrons. The van der Waals surface area contributed by atoms with E-state index in [1.165, 1.54) is 12.1 Å². The largest absolute Gasteiger partial charge is 0.399 e. The molecule has 1 amide bonds. The van der Waals surface area contributed by atoms with Crippen LogP contribution in [0.5, 0.6) is 0 Å². The lowest BCUT2D eigenvalue weighted by Gasteiger charge is -2.08. The van der Waals surface area contributed by atoms with E-state index in [1.54, 1.807) is 20.9 Å². The molecule has 1 heterocycles. The van der Waals surface area contributed by atoms with Crippen LogP contribution in [0.15, 0.2) is 10.3 Å². The number of hydrogen-bond acceptors (Lipinski definition) is 4. The number of nitrogens with zero attached hydrogens (tertiary/aromatic N) is 3. The molecule has 0 saturated carbocycles. The summed E-state index contributed by atoms with van der Waals surface area (Å²) in [6.07, 6.45) is 0. The zero-order valence-electron chi connectivity index (χ0n) is 8.24. The van der Waals surface area contributed by atoms with Crippen molar-refractivity contribution in [2.75, 3.05) is 14.2 Å². The average Bonchev–Trinajstić information content (AvgIpc) is 2.27. The second-order valence-corrected chi connectivity index (χ2v) is 2.95. The lowest BCUT2D eigenvalue weighted by molar-refractivity contribution is -0.128. The second-order valence-electron chi connectivity index (χ2n) is 2.95. The summed E-state index contributed by atoms with van der Waals surface area (Å²) in [4.78, 5) is 16.1. The van der Waals surface area contributed by atoms with E-state index in [9.17, 15) is 4.79 Å². The monoisotopic (exact) mass is 183 g/mol. The van der Waals surface area contributed by atoms with E-state index in [0.29, 0.717) is 5.71 Å². The highest BCUT2D eigenvalue weighted by Crippen LogP contribution is 2.15. The zero-order chi connectivity index (χ0) is 10.0. The number of hydrazone groups is 1. The van der Waals surface area contributed by atoms with E-state index in [4.69, 9.17) is 0 Å². The summed E-state index contributed by atoms with van der Waals surface area (Å²) < 4.78 is 0. The van der Waals surface area contributed by atoms with Crippen molar-refractivity contribution in [3.8, 4) is 0 Å². The van der Waals surface area contributed by atoms with Crippen LogP contribution in [0, 0.1) is 5.92 Å². The molecule has 0 saturated heterocycles. The molecular weight excluding hydrogens is 170 g/mol. The van der Waals surface area contributed by atoms with Gasteiger partial charge in [0.25, 0.3) is 5.91 Å². The van der Waals surface area contributed by atoms with Crippen molar-refractivity contribution in [2.45, 2.75) is 13.8 Å². The number of carbonyl (C=O) groups excluding carboxylic acids is 1. The van der Waals surface area contributed by atoms with Crippen molar-refractivity contribution in [3.05, 3.63) is 0 Å². The van der Waals surface area contributed by atoms with Crippen molar-refractivity contribution in [1.82, 2.24) is 5.01 Å². The minimum Gasteiger partial charge on any atom is -0.399 e. The van der Waals surface area contributed by atoms with Crippen LogP contribution in [0.1, 0.15) is 13.8 Å². The normalized spacial score (nSPS) is 23.5. The lowest BCUT2D eigenvalue weighted by Crippen LogP contribution is -2.29. The Kier molecular flexibility index (Phi) is 2.65. The van der Waals surface area contributed by atoms with Crippen LogP contribution in [0.2, 0.25) is 0 Å². The van der Waals surface area contributed by atoms with Gasteiger partial charge in [-0.2, -0.15) is 5.10 Å². The maximum absolute atomic E-state index is 11.5. The Morgan fingerprint density at radius 1 is 1.69 bits per heavy atom. The molecule has 0 bridgehead atoms. The minimum atomic E-state index is -0.343. The van der Waals surface area contributed by atoms with E-state index in [0.717, 1.165) is 5.71 Å². The van der Waals surface area contributed by atoms with Gasteiger partial charge in [0.2, 0.25) is 0 Å². The maximum Gasteiger partial charge on any atom is 0.257 e. The number of oxime groups is 1. The SMILES string of the molecule is CON=C(C)C1C(=O)N(C)N=C1C. The molecule has 0 aliphatic carbocycles. The standard InChI is InChI=1S/C8H13N3O2/c1-5-7(6(2)10-13-4)8(12)11(3)9-5/h7H,1-4H3. The molecule has 0 fully saturated rings. The fourth-order valence-electron chi connectivity index (χ4n) is 1.39. The summed E-state index contributed by atoms with van der Waals surface area (Å²) in [5, 5.41) is 9.08. The highest BCUT2D eigenvalue weighted by atomic mass is 16.6. The van der Waals surface area contributed by atoms with Gasteiger partial charge < -0.3 is 4.84 Å². The molecule has 1 aliphatic heterocycles. The molecule has 13 heavy (non-hydrogen) atoms. The highest BCUT2D eigenvalue weighted by molar-refractivity contribution is 6.22. The second kappa shape index (κ2) is 3.55. The van der Waals surface area contributed by atoms with Gasteiger partial charge in [-0.05, 0) is 13.8 Å². The Bertz CT molecular complexity index is 283. The average molecular weight is 183 g/mol. The lowest BCUT2D eigenvalue weighted by atomic mass is 10.00. The van der Waals surface area contributed by atoms with Gasteiger partial charge in [-0.3, -0.25) is 4.79 Å². The van der Waals surface area contributed by atoms with Crippen molar-refractivity contribution < 1.29 is 9.63 Å². The Morgan fingerprint density at radius 2 is 2.31 bits per heavy atom. The summed E-state index contributed by atoms with van der Waals surface area (Å²) in [6, 6.07) is 0. The van der Waals surface area contributed by atoms with Gasteiger partial charge in [-0.15, -0.1) is 0 Å². The van der Waals surface area contributed by atoms with Crippen LogP contribution >= 0.6 is 0 Å². The molecule has 5 nitrogen and oxygen atoms in total. The third-order valence-electron chi connectivity index (χ3n) is 1.94. The first-order valence-corrected chi connectivity index (χ1v) is 3.98. The fraction of sp³-hybridized carbons (Fsp3) is 0.625. The van der Waals surface area contributed by atoms with Gasteiger partial charge >= 0.3 is 0 Å². The van der Waals surface area contributed by atoms with Crippen molar-refractivity contribution in [1.29, 1.82) is 0 Å². The third kappa shape index (κ3) is 1.68. The number of rotatable bonds is 2.